The van der Waals surface area contributed by atoms with Crippen molar-refractivity contribution < 1.29 is 0 Å². The molecule has 3 aliphatic heterocycles. The summed E-state index contributed by atoms with van der Waals surface area (Å²) in [6.45, 7) is 6.04. The predicted molar refractivity (Wildman–Crippen MR) is 125 cm³/mol. The summed E-state index contributed by atoms with van der Waals surface area (Å²) in [7, 11) is 2.25. The summed E-state index contributed by atoms with van der Waals surface area (Å²) in [5.74, 6) is 0.686. The molecule has 1 fully saturated rings. The van der Waals surface area contributed by atoms with Crippen molar-refractivity contribution in [1.29, 1.82) is 0 Å². The average molecular weight is 404 g/mol. The Kier molecular flexibility index (Phi) is 4.31. The molecular formula is C25H29N3S. The third-order valence-corrected chi connectivity index (χ3v) is 8.37. The van der Waals surface area contributed by atoms with Crippen LogP contribution in [0.4, 0.5) is 11.4 Å². The second kappa shape index (κ2) is 7.03. The minimum Gasteiger partial charge on any atom is -0.371 e. The van der Waals surface area contributed by atoms with Crippen molar-refractivity contribution in [2.45, 2.75) is 31.2 Å². The van der Waals surface area contributed by atoms with Gasteiger partial charge >= 0.3 is 0 Å². The molecule has 0 aliphatic carbocycles. The Bertz CT molecular complexity index is 1040. The van der Waals surface area contributed by atoms with Gasteiger partial charge in [0.15, 0.2) is 0 Å². The fraction of sp³-hybridized carbons (Fsp3) is 0.440. The first kappa shape index (κ1) is 17.8. The lowest BCUT2D eigenvalue weighted by atomic mass is 9.89. The van der Waals surface area contributed by atoms with Crippen LogP contribution in [0.3, 0.4) is 0 Å². The minimum atomic E-state index is 0.686. The molecule has 3 aliphatic rings. The van der Waals surface area contributed by atoms with E-state index in [-0.39, 0.29) is 0 Å². The zero-order valence-corrected chi connectivity index (χ0v) is 18.0. The van der Waals surface area contributed by atoms with Crippen LogP contribution in [-0.2, 0) is 6.42 Å². The van der Waals surface area contributed by atoms with Crippen LogP contribution in [-0.4, -0.2) is 50.7 Å². The zero-order chi connectivity index (χ0) is 19.4. The van der Waals surface area contributed by atoms with Gasteiger partial charge in [-0.3, -0.25) is 0 Å². The first-order chi connectivity index (χ1) is 14.3. The van der Waals surface area contributed by atoms with Gasteiger partial charge in [-0.05, 0) is 59.8 Å². The van der Waals surface area contributed by atoms with Gasteiger partial charge in [0.2, 0.25) is 0 Å². The van der Waals surface area contributed by atoms with E-state index in [9.17, 15) is 0 Å². The molecular weight excluding hydrogens is 374 g/mol. The number of thiophene rings is 1. The van der Waals surface area contributed by atoms with Crippen LogP contribution < -0.4 is 9.80 Å². The molecule has 0 amide bonds. The Labute approximate surface area is 177 Å². The number of hydrogen-bond acceptors (Lipinski definition) is 4. The van der Waals surface area contributed by atoms with Gasteiger partial charge < -0.3 is 14.7 Å². The molecule has 0 radical (unpaired) electrons. The monoisotopic (exact) mass is 403 g/mol. The SMILES string of the molecule is CN1CCN2c3c(cccc31)C1CN(CCCc3cccc4ccsc34)CCC12. The molecule has 29 heavy (non-hydrogen) atoms. The third kappa shape index (κ3) is 2.88. The molecule has 6 rings (SSSR count). The first-order valence-corrected chi connectivity index (χ1v) is 12.0. The number of fused-ring (bicyclic) bond motifs is 4. The van der Waals surface area contributed by atoms with E-state index in [4.69, 9.17) is 0 Å². The third-order valence-electron chi connectivity index (χ3n) is 7.36. The predicted octanol–water partition coefficient (Wildman–Crippen LogP) is 4.96. The van der Waals surface area contributed by atoms with Crippen LogP contribution in [0.1, 0.15) is 29.9 Å². The van der Waals surface area contributed by atoms with Crippen molar-refractivity contribution in [2.75, 3.05) is 49.6 Å². The summed E-state index contributed by atoms with van der Waals surface area (Å²) in [4.78, 5) is 7.91. The Morgan fingerprint density at radius 1 is 1.03 bits per heavy atom. The number of nitrogens with zero attached hydrogens (tertiary/aromatic N) is 3. The van der Waals surface area contributed by atoms with Gasteiger partial charge in [0.1, 0.15) is 0 Å². The van der Waals surface area contributed by atoms with Crippen LogP contribution in [0.25, 0.3) is 10.1 Å². The Morgan fingerprint density at radius 2 is 1.97 bits per heavy atom. The summed E-state index contributed by atoms with van der Waals surface area (Å²) in [6, 6.07) is 16.7. The summed E-state index contributed by atoms with van der Waals surface area (Å²) in [5, 5.41) is 3.63. The van der Waals surface area contributed by atoms with Gasteiger partial charge in [0, 0.05) is 49.9 Å². The second-order valence-electron chi connectivity index (χ2n) is 8.95. The highest BCUT2D eigenvalue weighted by atomic mass is 32.1. The lowest BCUT2D eigenvalue weighted by Crippen LogP contribution is -2.49. The van der Waals surface area contributed by atoms with E-state index in [2.05, 4.69) is 69.6 Å². The number of likely N-dealkylation sites (N-methyl/N-ethyl adjacent to an activating group) is 1. The van der Waals surface area contributed by atoms with E-state index in [1.807, 2.05) is 11.3 Å². The van der Waals surface area contributed by atoms with Gasteiger partial charge in [0.25, 0.3) is 0 Å². The maximum atomic E-state index is 2.74. The largest absolute Gasteiger partial charge is 0.371 e. The number of aryl methyl sites for hydroxylation is 1. The molecule has 0 bridgehead atoms. The van der Waals surface area contributed by atoms with E-state index in [1.165, 1.54) is 66.8 Å². The number of piperidine rings is 1. The standard InChI is InChI=1S/C25H29N3S/c1-26-14-15-28-22-10-13-27(17-21(22)20-8-3-9-23(26)24(20)28)12-4-7-18-5-2-6-19-11-16-29-25(18)19/h2-3,5-6,8-9,11,16,21-22H,4,7,10,12-15,17H2,1H3. The first-order valence-electron chi connectivity index (χ1n) is 11.1. The molecule has 4 heterocycles. The summed E-state index contributed by atoms with van der Waals surface area (Å²) in [6.07, 6.45) is 3.76. The molecule has 2 aromatic carbocycles. The second-order valence-corrected chi connectivity index (χ2v) is 9.87. The van der Waals surface area contributed by atoms with Gasteiger partial charge in [-0.1, -0.05) is 30.3 Å². The minimum absolute atomic E-state index is 0.686. The molecule has 1 aromatic heterocycles. The van der Waals surface area contributed by atoms with E-state index in [0.717, 1.165) is 12.6 Å². The zero-order valence-electron chi connectivity index (χ0n) is 17.2. The van der Waals surface area contributed by atoms with Crippen molar-refractivity contribution in [3.05, 3.63) is 59.0 Å². The molecule has 3 aromatic rings. The Balaban J connectivity index is 1.16. The van der Waals surface area contributed by atoms with E-state index >= 15 is 0 Å². The van der Waals surface area contributed by atoms with Crippen LogP contribution in [0, 0.1) is 0 Å². The van der Waals surface area contributed by atoms with Crippen LogP contribution in [0.2, 0.25) is 0 Å². The topological polar surface area (TPSA) is 9.72 Å². The highest BCUT2D eigenvalue weighted by molar-refractivity contribution is 7.17. The smallest absolute Gasteiger partial charge is 0.0644 e. The summed E-state index contributed by atoms with van der Waals surface area (Å²) < 4.78 is 1.49. The fourth-order valence-electron chi connectivity index (χ4n) is 5.92. The summed E-state index contributed by atoms with van der Waals surface area (Å²) in [5.41, 5.74) is 6.12. The number of anilines is 2. The average Bonchev–Trinajstić information content (AvgIpc) is 3.35. The summed E-state index contributed by atoms with van der Waals surface area (Å²) >= 11 is 1.89. The lowest BCUT2D eigenvalue weighted by Gasteiger charge is -2.41. The molecule has 3 nitrogen and oxygen atoms in total. The number of para-hydroxylation sites is 1. The number of benzene rings is 2. The van der Waals surface area contributed by atoms with Crippen molar-refractivity contribution in [1.82, 2.24) is 4.90 Å². The van der Waals surface area contributed by atoms with Crippen molar-refractivity contribution in [2.24, 2.45) is 0 Å². The van der Waals surface area contributed by atoms with Gasteiger partial charge in [0.05, 0.1) is 11.4 Å². The van der Waals surface area contributed by atoms with Gasteiger partial charge in [-0.25, -0.2) is 0 Å². The molecule has 1 saturated heterocycles. The van der Waals surface area contributed by atoms with Crippen LogP contribution >= 0.6 is 11.3 Å². The number of rotatable bonds is 4. The quantitative estimate of drug-likeness (QED) is 0.609. The molecule has 4 heteroatoms. The number of likely N-dealkylation sites (tertiary alicyclic amines) is 1. The highest BCUT2D eigenvalue weighted by Gasteiger charge is 2.44. The van der Waals surface area contributed by atoms with Crippen molar-refractivity contribution >= 4 is 32.8 Å². The van der Waals surface area contributed by atoms with E-state index < -0.39 is 0 Å². The molecule has 0 spiro atoms. The molecule has 2 atom stereocenters. The van der Waals surface area contributed by atoms with Crippen molar-refractivity contribution in [3.63, 3.8) is 0 Å². The van der Waals surface area contributed by atoms with E-state index in [1.54, 1.807) is 11.3 Å². The van der Waals surface area contributed by atoms with Gasteiger partial charge in [-0.15, -0.1) is 11.3 Å². The van der Waals surface area contributed by atoms with Crippen LogP contribution in [0.5, 0.6) is 0 Å². The highest BCUT2D eigenvalue weighted by Crippen LogP contribution is 2.50. The Morgan fingerprint density at radius 3 is 2.93 bits per heavy atom. The van der Waals surface area contributed by atoms with Crippen LogP contribution in [0.15, 0.2) is 47.8 Å². The number of hydrogen-bond donors (Lipinski definition) is 0. The van der Waals surface area contributed by atoms with Crippen molar-refractivity contribution in [3.8, 4) is 0 Å². The maximum absolute atomic E-state index is 2.74. The molecule has 2 unspecified atom stereocenters. The lowest BCUT2D eigenvalue weighted by molar-refractivity contribution is 0.191. The molecule has 0 N–H and O–H groups in total. The maximum Gasteiger partial charge on any atom is 0.0644 e. The van der Waals surface area contributed by atoms with Gasteiger partial charge in [-0.2, -0.15) is 0 Å². The Hall–Kier alpha value is -2.04. The molecule has 150 valence electrons. The van der Waals surface area contributed by atoms with E-state index in [0.29, 0.717) is 5.92 Å². The fourth-order valence-corrected chi connectivity index (χ4v) is 6.87. The normalized spacial score (nSPS) is 23.5. The molecule has 0 saturated carbocycles.